The van der Waals surface area contributed by atoms with E-state index in [9.17, 15) is 0 Å². The van der Waals surface area contributed by atoms with Crippen LogP contribution in [-0.2, 0) is 13.6 Å². The van der Waals surface area contributed by atoms with Crippen LogP contribution in [0, 0.1) is 11.8 Å². The van der Waals surface area contributed by atoms with Gasteiger partial charge in [-0.2, -0.15) is 0 Å². The second kappa shape index (κ2) is 7.73. The molecule has 2 N–H and O–H groups in total. The average molecular weight is 441 g/mol. The lowest BCUT2D eigenvalue weighted by Crippen LogP contribution is -2.46. The summed E-state index contributed by atoms with van der Waals surface area (Å²) in [6.45, 7) is 9.53. The van der Waals surface area contributed by atoms with Gasteiger partial charge in [0.1, 0.15) is 5.65 Å². The Morgan fingerprint density at radius 1 is 1.18 bits per heavy atom. The lowest BCUT2D eigenvalue weighted by molar-refractivity contribution is 0.235. The average Bonchev–Trinajstić information content (AvgIpc) is 3.49. The third-order valence-corrected chi connectivity index (χ3v) is 7.63. The van der Waals surface area contributed by atoms with Crippen molar-refractivity contribution in [3.05, 3.63) is 54.7 Å². The predicted octanol–water partition coefficient (Wildman–Crippen LogP) is 4.64. The van der Waals surface area contributed by atoms with E-state index in [0.29, 0.717) is 5.92 Å². The first-order valence-corrected chi connectivity index (χ1v) is 12.1. The molecular weight excluding hydrogens is 408 g/mol. The number of aromatic nitrogens is 4. The van der Waals surface area contributed by atoms with Crippen LogP contribution in [0.25, 0.3) is 39.3 Å². The molecule has 2 fully saturated rings. The lowest BCUT2D eigenvalue weighted by Gasteiger charge is -2.37. The van der Waals surface area contributed by atoms with Crippen LogP contribution in [0.5, 0.6) is 0 Å². The molecule has 0 radical (unpaired) electrons. The van der Waals surface area contributed by atoms with Crippen LogP contribution < -0.4 is 5.73 Å². The Morgan fingerprint density at radius 3 is 2.82 bits per heavy atom. The van der Waals surface area contributed by atoms with Gasteiger partial charge in [0.2, 0.25) is 0 Å². The smallest absolute Gasteiger partial charge is 0.157 e. The molecule has 6 nitrogen and oxygen atoms in total. The summed E-state index contributed by atoms with van der Waals surface area (Å²) >= 11 is 0. The molecule has 1 saturated carbocycles. The van der Waals surface area contributed by atoms with Gasteiger partial charge in [-0.25, -0.2) is 9.97 Å². The summed E-state index contributed by atoms with van der Waals surface area (Å²) in [5, 5.41) is 1.17. The summed E-state index contributed by atoms with van der Waals surface area (Å²) in [4.78, 5) is 12.1. The van der Waals surface area contributed by atoms with Crippen molar-refractivity contribution in [3.8, 4) is 11.5 Å². The Kier molecular flexibility index (Phi) is 4.80. The van der Waals surface area contributed by atoms with E-state index in [1.807, 2.05) is 12.3 Å². The van der Waals surface area contributed by atoms with Crippen molar-refractivity contribution in [1.82, 2.24) is 24.0 Å². The fourth-order valence-corrected chi connectivity index (χ4v) is 5.15. The van der Waals surface area contributed by atoms with Crippen molar-refractivity contribution in [2.45, 2.75) is 38.8 Å². The highest BCUT2D eigenvalue weighted by molar-refractivity contribution is 5.87. The summed E-state index contributed by atoms with van der Waals surface area (Å²) in [6, 6.07) is 13.1. The molecular formula is C27H32N6. The molecule has 4 aromatic rings. The second-order valence-corrected chi connectivity index (χ2v) is 10.0. The van der Waals surface area contributed by atoms with Gasteiger partial charge in [-0.3, -0.25) is 0 Å². The van der Waals surface area contributed by atoms with Gasteiger partial charge < -0.3 is 19.8 Å². The summed E-state index contributed by atoms with van der Waals surface area (Å²) in [6.07, 6.45) is 5.60. The Bertz CT molecular complexity index is 1360. The minimum Gasteiger partial charge on any atom is -0.370 e. The Hall–Kier alpha value is -3.12. The largest absolute Gasteiger partial charge is 0.370 e. The zero-order chi connectivity index (χ0) is 22.7. The molecule has 2 aliphatic rings. The van der Waals surface area contributed by atoms with Crippen LogP contribution in [0.1, 0.15) is 31.7 Å². The zero-order valence-electron chi connectivity index (χ0n) is 19.5. The van der Waals surface area contributed by atoms with Gasteiger partial charge in [0.15, 0.2) is 5.82 Å². The van der Waals surface area contributed by atoms with Gasteiger partial charge >= 0.3 is 0 Å². The van der Waals surface area contributed by atoms with E-state index < -0.39 is 0 Å². The maximum atomic E-state index is 6.34. The SMILES string of the molecule is C=C(c1ccc2c(c1)nc(-c1cc3cccnc3n1CC1CC1)n2C)N1CC[C@@H](C)[C@H](N)C1. The van der Waals surface area contributed by atoms with Gasteiger partial charge in [0.05, 0.1) is 16.7 Å². The lowest BCUT2D eigenvalue weighted by atomic mass is 9.93. The van der Waals surface area contributed by atoms with Gasteiger partial charge in [-0.15, -0.1) is 0 Å². The minimum atomic E-state index is 0.197. The van der Waals surface area contributed by atoms with Crippen LogP contribution in [0.15, 0.2) is 49.2 Å². The fraction of sp³-hybridized carbons (Fsp3) is 0.407. The number of hydrogen-bond donors (Lipinski definition) is 1. The Morgan fingerprint density at radius 2 is 2.03 bits per heavy atom. The van der Waals surface area contributed by atoms with E-state index in [2.05, 4.69) is 64.9 Å². The van der Waals surface area contributed by atoms with E-state index in [1.165, 1.54) is 18.2 Å². The first-order valence-electron chi connectivity index (χ1n) is 12.1. The Labute approximate surface area is 194 Å². The van der Waals surface area contributed by atoms with Gasteiger partial charge in [-0.1, -0.05) is 19.6 Å². The molecule has 4 heterocycles. The van der Waals surface area contributed by atoms with E-state index in [-0.39, 0.29) is 6.04 Å². The number of fused-ring (bicyclic) bond motifs is 2. The fourth-order valence-electron chi connectivity index (χ4n) is 5.15. The highest BCUT2D eigenvalue weighted by atomic mass is 15.2. The highest BCUT2D eigenvalue weighted by Crippen LogP contribution is 2.36. The molecule has 170 valence electrons. The quantitative estimate of drug-likeness (QED) is 0.491. The summed E-state index contributed by atoms with van der Waals surface area (Å²) in [5.74, 6) is 2.30. The minimum absolute atomic E-state index is 0.197. The van der Waals surface area contributed by atoms with Gasteiger partial charge in [0.25, 0.3) is 0 Å². The molecule has 1 aromatic carbocycles. The topological polar surface area (TPSA) is 64.9 Å². The first-order chi connectivity index (χ1) is 16.0. The molecule has 1 aliphatic heterocycles. The number of piperidine rings is 1. The van der Waals surface area contributed by atoms with Crippen molar-refractivity contribution >= 4 is 27.8 Å². The third kappa shape index (κ3) is 3.53. The van der Waals surface area contributed by atoms with Crippen LogP contribution in [-0.4, -0.2) is 43.1 Å². The summed E-state index contributed by atoms with van der Waals surface area (Å²) < 4.78 is 4.57. The third-order valence-electron chi connectivity index (χ3n) is 7.63. The first kappa shape index (κ1) is 20.5. The number of aryl methyl sites for hydroxylation is 1. The number of pyridine rings is 1. The number of likely N-dealkylation sites (tertiary alicyclic amines) is 1. The molecule has 6 heteroatoms. The molecule has 0 amide bonds. The number of rotatable bonds is 5. The summed E-state index contributed by atoms with van der Waals surface area (Å²) in [5.41, 5.74) is 12.8. The molecule has 2 atom stereocenters. The number of imidazole rings is 1. The second-order valence-electron chi connectivity index (χ2n) is 10.0. The summed E-state index contributed by atoms with van der Waals surface area (Å²) in [7, 11) is 2.11. The zero-order valence-corrected chi connectivity index (χ0v) is 19.5. The van der Waals surface area contributed by atoms with Crippen LogP contribution >= 0.6 is 0 Å². The molecule has 6 rings (SSSR count). The molecule has 0 bridgehead atoms. The van der Waals surface area contributed by atoms with Crippen LogP contribution in [0.4, 0.5) is 0 Å². The van der Waals surface area contributed by atoms with E-state index in [0.717, 1.165) is 71.4 Å². The molecule has 0 unspecified atom stereocenters. The predicted molar refractivity (Wildman–Crippen MR) is 135 cm³/mol. The number of nitrogens with zero attached hydrogens (tertiary/aromatic N) is 5. The molecule has 0 spiro atoms. The van der Waals surface area contributed by atoms with Gasteiger partial charge in [0, 0.05) is 50.0 Å². The molecule has 3 aromatic heterocycles. The highest BCUT2D eigenvalue weighted by Gasteiger charge is 2.27. The van der Waals surface area contributed by atoms with Crippen molar-refractivity contribution in [2.75, 3.05) is 13.1 Å². The van der Waals surface area contributed by atoms with Crippen molar-refractivity contribution in [1.29, 1.82) is 0 Å². The Balaban J connectivity index is 1.39. The maximum absolute atomic E-state index is 6.34. The van der Waals surface area contributed by atoms with E-state index >= 15 is 0 Å². The van der Waals surface area contributed by atoms with Gasteiger partial charge in [-0.05, 0) is 67.0 Å². The number of benzene rings is 1. The molecule has 1 saturated heterocycles. The number of nitrogens with two attached hydrogens (primary N) is 1. The standard InChI is InChI=1S/C27H32N6/c1-17-10-12-32(16-22(17)28)18(2)20-8-9-24-23(13-20)30-27(31(24)3)25-14-21-5-4-11-29-26(21)33(25)15-19-6-7-19/h4-5,8-9,11,13-14,17,19,22H,2,6-7,10,12,15-16,28H2,1,3H3/t17-,22-/m1/s1. The van der Waals surface area contributed by atoms with Crippen molar-refractivity contribution in [3.63, 3.8) is 0 Å². The monoisotopic (exact) mass is 440 g/mol. The van der Waals surface area contributed by atoms with E-state index in [1.54, 1.807) is 0 Å². The van der Waals surface area contributed by atoms with Crippen molar-refractivity contribution in [2.24, 2.45) is 24.6 Å². The van der Waals surface area contributed by atoms with Crippen molar-refractivity contribution < 1.29 is 0 Å². The molecule has 33 heavy (non-hydrogen) atoms. The van der Waals surface area contributed by atoms with E-state index in [4.69, 9.17) is 15.7 Å². The molecule has 1 aliphatic carbocycles. The normalized spacial score (nSPS) is 21.2. The number of hydrogen-bond acceptors (Lipinski definition) is 4. The maximum Gasteiger partial charge on any atom is 0.157 e. The van der Waals surface area contributed by atoms with Crippen LogP contribution in [0.2, 0.25) is 0 Å². The van der Waals surface area contributed by atoms with Crippen LogP contribution in [0.3, 0.4) is 0 Å².